The summed E-state index contributed by atoms with van der Waals surface area (Å²) in [5, 5.41) is 2.85. The van der Waals surface area contributed by atoms with Gasteiger partial charge in [-0.15, -0.1) is 0 Å². The maximum Gasteiger partial charge on any atom is 0.264 e. The Morgan fingerprint density at radius 1 is 0.868 bits per heavy atom. The van der Waals surface area contributed by atoms with Crippen molar-refractivity contribution in [3.8, 4) is 0 Å². The van der Waals surface area contributed by atoms with Gasteiger partial charge in [-0.2, -0.15) is 0 Å². The average molecular weight is 544 g/mol. The Morgan fingerprint density at radius 3 is 1.97 bits per heavy atom. The van der Waals surface area contributed by atoms with Crippen molar-refractivity contribution in [3.63, 3.8) is 0 Å². The highest BCUT2D eigenvalue weighted by molar-refractivity contribution is 7.92. The third kappa shape index (κ3) is 7.16. The molecule has 202 valence electrons. The number of nitrogens with one attached hydrogen (secondary N) is 1. The molecule has 10 heteroatoms. The molecule has 0 heterocycles. The van der Waals surface area contributed by atoms with E-state index >= 15 is 0 Å². The van der Waals surface area contributed by atoms with Crippen LogP contribution in [0, 0.1) is 11.6 Å². The summed E-state index contributed by atoms with van der Waals surface area (Å²) >= 11 is 0. The number of rotatable bonds is 11. The fourth-order valence-corrected chi connectivity index (χ4v) is 5.11. The molecule has 2 amide bonds. The largest absolute Gasteiger partial charge is 0.352 e. The van der Waals surface area contributed by atoms with Gasteiger partial charge in [-0.05, 0) is 74.4 Å². The van der Waals surface area contributed by atoms with Crippen molar-refractivity contribution in [3.05, 3.63) is 96.1 Å². The number of amides is 2. The van der Waals surface area contributed by atoms with E-state index in [4.69, 9.17) is 0 Å². The van der Waals surface area contributed by atoms with Crippen LogP contribution in [0.15, 0.2) is 83.8 Å². The molecule has 3 aromatic carbocycles. The molecule has 3 rings (SSSR count). The topological polar surface area (TPSA) is 86.8 Å². The lowest BCUT2D eigenvalue weighted by Gasteiger charge is -2.32. The summed E-state index contributed by atoms with van der Waals surface area (Å²) in [6.07, 6.45) is 0.683. The van der Waals surface area contributed by atoms with Gasteiger partial charge < -0.3 is 10.2 Å². The van der Waals surface area contributed by atoms with Crippen LogP contribution in [0.4, 0.5) is 14.5 Å². The van der Waals surface area contributed by atoms with Crippen molar-refractivity contribution in [2.45, 2.75) is 50.7 Å². The molecule has 7 nitrogen and oxygen atoms in total. The molecule has 0 fully saturated rings. The standard InChI is InChI=1S/C28H31F2N3O4S/c1-4-20(2)31-28(35)21(3)32(18-22-10-12-23(29)13-11-22)27(34)19-33(25-8-6-5-7-9-25)38(36,37)26-16-14-24(30)15-17-26/h5-17,20-21H,4,18-19H2,1-3H3,(H,31,35). The highest BCUT2D eigenvalue weighted by Crippen LogP contribution is 2.24. The van der Waals surface area contributed by atoms with Gasteiger partial charge >= 0.3 is 0 Å². The van der Waals surface area contributed by atoms with E-state index in [0.29, 0.717) is 12.0 Å². The molecule has 2 unspecified atom stereocenters. The summed E-state index contributed by atoms with van der Waals surface area (Å²) in [5.74, 6) is -2.09. The zero-order valence-corrected chi connectivity index (χ0v) is 22.3. The summed E-state index contributed by atoms with van der Waals surface area (Å²) in [6, 6.07) is 16.8. The molecule has 0 radical (unpaired) electrons. The van der Waals surface area contributed by atoms with Crippen LogP contribution in [-0.2, 0) is 26.2 Å². The third-order valence-electron chi connectivity index (χ3n) is 6.16. The molecule has 2 atom stereocenters. The van der Waals surface area contributed by atoms with Crippen molar-refractivity contribution < 1.29 is 26.8 Å². The molecule has 0 saturated carbocycles. The molecule has 0 aliphatic heterocycles. The highest BCUT2D eigenvalue weighted by Gasteiger charge is 2.32. The molecule has 1 N–H and O–H groups in total. The quantitative estimate of drug-likeness (QED) is 0.386. The van der Waals surface area contributed by atoms with Gasteiger partial charge in [0, 0.05) is 12.6 Å². The fraction of sp³-hybridized carbons (Fsp3) is 0.286. The monoisotopic (exact) mass is 543 g/mol. The number of carbonyl (C=O) groups excluding carboxylic acids is 2. The number of sulfonamides is 1. The van der Waals surface area contributed by atoms with Crippen LogP contribution in [0.1, 0.15) is 32.8 Å². The number of hydrogen-bond acceptors (Lipinski definition) is 4. The van der Waals surface area contributed by atoms with Crippen LogP contribution in [0.2, 0.25) is 0 Å². The molecule has 38 heavy (non-hydrogen) atoms. The molecular formula is C28H31F2N3O4S. The van der Waals surface area contributed by atoms with Crippen molar-refractivity contribution in [1.82, 2.24) is 10.2 Å². The summed E-state index contributed by atoms with van der Waals surface area (Å²) in [6.45, 7) is 4.64. The van der Waals surface area contributed by atoms with Crippen LogP contribution >= 0.6 is 0 Å². The predicted octanol–water partition coefficient (Wildman–Crippen LogP) is 4.49. The minimum atomic E-state index is -4.28. The van der Waals surface area contributed by atoms with Crippen molar-refractivity contribution >= 4 is 27.5 Å². The Bertz CT molecular complexity index is 1330. The minimum absolute atomic E-state index is 0.0482. The molecule has 0 saturated heterocycles. The number of carbonyl (C=O) groups is 2. The van der Waals surface area contributed by atoms with Gasteiger partial charge in [-0.25, -0.2) is 17.2 Å². The first-order valence-electron chi connectivity index (χ1n) is 12.2. The second-order valence-electron chi connectivity index (χ2n) is 8.94. The number of benzene rings is 3. The molecule has 0 aliphatic carbocycles. The summed E-state index contributed by atoms with van der Waals surface area (Å²) in [4.78, 5) is 27.8. The van der Waals surface area contributed by atoms with Gasteiger partial charge in [0.15, 0.2) is 0 Å². The molecular weight excluding hydrogens is 512 g/mol. The smallest absolute Gasteiger partial charge is 0.264 e. The Morgan fingerprint density at radius 2 is 1.42 bits per heavy atom. The molecule has 0 aromatic heterocycles. The summed E-state index contributed by atoms with van der Waals surface area (Å²) in [7, 11) is -4.28. The van der Waals surface area contributed by atoms with Crippen molar-refractivity contribution in [2.75, 3.05) is 10.8 Å². The van der Waals surface area contributed by atoms with E-state index in [0.717, 1.165) is 28.6 Å². The molecule has 3 aromatic rings. The zero-order valence-electron chi connectivity index (χ0n) is 21.5. The van der Waals surface area contributed by atoms with Crippen LogP contribution < -0.4 is 9.62 Å². The lowest BCUT2D eigenvalue weighted by molar-refractivity contribution is -0.139. The van der Waals surface area contributed by atoms with Gasteiger partial charge in [0.1, 0.15) is 24.2 Å². The number of nitrogens with zero attached hydrogens (tertiary/aromatic N) is 2. The average Bonchev–Trinajstić information content (AvgIpc) is 2.91. The maximum atomic E-state index is 13.7. The number of anilines is 1. The Hall–Kier alpha value is -3.79. The molecule has 0 aliphatic rings. The van der Waals surface area contributed by atoms with Crippen molar-refractivity contribution in [2.24, 2.45) is 0 Å². The van der Waals surface area contributed by atoms with E-state index in [-0.39, 0.29) is 23.2 Å². The second kappa shape index (κ2) is 12.6. The lowest BCUT2D eigenvalue weighted by Crippen LogP contribution is -2.52. The SMILES string of the molecule is CCC(C)NC(=O)C(C)N(Cc1ccc(F)cc1)C(=O)CN(c1ccccc1)S(=O)(=O)c1ccc(F)cc1. The summed E-state index contributed by atoms with van der Waals surface area (Å²) < 4.78 is 55.1. The molecule has 0 bridgehead atoms. The number of para-hydroxylation sites is 1. The Kier molecular flexibility index (Phi) is 9.57. The first kappa shape index (κ1) is 28.8. The summed E-state index contributed by atoms with van der Waals surface area (Å²) in [5.41, 5.74) is 0.791. The van der Waals surface area contributed by atoms with E-state index in [9.17, 15) is 26.8 Å². The maximum absolute atomic E-state index is 13.7. The normalized spacial score (nSPS) is 12.9. The van der Waals surface area contributed by atoms with Crippen LogP contribution in [-0.4, -0.2) is 43.8 Å². The Balaban J connectivity index is 1.99. The lowest BCUT2D eigenvalue weighted by atomic mass is 10.1. The first-order chi connectivity index (χ1) is 18.0. The highest BCUT2D eigenvalue weighted by atomic mass is 32.2. The van der Waals surface area contributed by atoms with Gasteiger partial charge in [0.25, 0.3) is 10.0 Å². The Labute approximate surface area is 222 Å². The van der Waals surface area contributed by atoms with Crippen LogP contribution in [0.3, 0.4) is 0 Å². The predicted molar refractivity (Wildman–Crippen MR) is 142 cm³/mol. The van der Waals surface area contributed by atoms with E-state index in [1.807, 2.05) is 13.8 Å². The van der Waals surface area contributed by atoms with Crippen molar-refractivity contribution in [1.29, 1.82) is 0 Å². The van der Waals surface area contributed by atoms with Gasteiger partial charge in [-0.1, -0.05) is 37.3 Å². The number of hydrogen-bond donors (Lipinski definition) is 1. The van der Waals surface area contributed by atoms with E-state index in [2.05, 4.69) is 5.32 Å². The third-order valence-corrected chi connectivity index (χ3v) is 7.95. The van der Waals surface area contributed by atoms with Gasteiger partial charge in [-0.3, -0.25) is 13.9 Å². The van der Waals surface area contributed by atoms with E-state index in [1.54, 1.807) is 25.1 Å². The van der Waals surface area contributed by atoms with Crippen LogP contribution in [0.25, 0.3) is 0 Å². The minimum Gasteiger partial charge on any atom is -0.352 e. The van der Waals surface area contributed by atoms with Gasteiger partial charge in [0.2, 0.25) is 11.8 Å². The van der Waals surface area contributed by atoms with Crippen LogP contribution in [0.5, 0.6) is 0 Å². The van der Waals surface area contributed by atoms with Gasteiger partial charge in [0.05, 0.1) is 10.6 Å². The van der Waals surface area contributed by atoms with E-state index in [1.165, 1.54) is 41.3 Å². The first-order valence-corrected chi connectivity index (χ1v) is 13.6. The molecule has 0 spiro atoms. The fourth-order valence-electron chi connectivity index (χ4n) is 3.69. The van der Waals surface area contributed by atoms with E-state index < -0.39 is 46.1 Å². The second-order valence-corrected chi connectivity index (χ2v) is 10.8. The number of halogens is 2. The zero-order chi connectivity index (χ0) is 27.9.